The van der Waals surface area contributed by atoms with Crippen LogP contribution in [0.25, 0.3) is 11.3 Å². The van der Waals surface area contributed by atoms with Gasteiger partial charge >= 0.3 is 0 Å². The SMILES string of the molecule is COc1cc(Nc2ncc(Cl)c(-c3ccc4c(c3)C(=O)N([C@H](C)C(=O)N[C@H](CO)c3nc(N(C)C)ccc3Cl)C4)n2)ccn1. The Morgan fingerprint density at radius 2 is 1.91 bits per heavy atom. The van der Waals surface area contributed by atoms with Gasteiger partial charge in [0.25, 0.3) is 5.91 Å². The molecule has 2 amide bonds. The lowest BCUT2D eigenvalue weighted by molar-refractivity contribution is -0.126. The van der Waals surface area contributed by atoms with Crippen LogP contribution in [0.3, 0.4) is 0 Å². The molecule has 4 aromatic rings. The highest BCUT2D eigenvalue weighted by molar-refractivity contribution is 6.33. The quantitative estimate of drug-likeness (QED) is 0.231. The normalized spacial score (nSPS) is 13.7. The summed E-state index contributed by atoms with van der Waals surface area (Å²) < 4.78 is 5.16. The summed E-state index contributed by atoms with van der Waals surface area (Å²) in [7, 11) is 5.17. The zero-order valence-electron chi connectivity index (χ0n) is 24.4. The third kappa shape index (κ3) is 6.37. The first kappa shape index (κ1) is 30.9. The number of nitrogens with zero attached hydrogens (tertiary/aromatic N) is 6. The topological polar surface area (TPSA) is 146 Å². The Labute approximate surface area is 264 Å². The molecule has 228 valence electrons. The van der Waals surface area contributed by atoms with Crippen molar-refractivity contribution in [1.82, 2.24) is 30.2 Å². The maximum atomic E-state index is 13.5. The standard InChI is InChI=1S/C30H30Cl2N8O4/c1-16(28(42)36-23(15-41)27-21(31)7-8-24(37-27)39(2)3)40-14-18-6-5-17(11-20(18)29(40)43)26-22(32)13-34-30(38-26)35-19-9-10-33-25(12-19)44-4/h5-13,16,23,41H,14-15H2,1-4H3,(H,36,42)(H,33,34,35,38)/t16-,23-/m1/s1. The molecule has 3 N–H and O–H groups in total. The fourth-order valence-electron chi connectivity index (χ4n) is 4.72. The number of hydrogen-bond acceptors (Lipinski definition) is 10. The van der Waals surface area contributed by atoms with Gasteiger partial charge in [-0.3, -0.25) is 9.59 Å². The lowest BCUT2D eigenvalue weighted by Crippen LogP contribution is -2.47. The average Bonchev–Trinajstić information content (AvgIpc) is 3.35. The second-order valence-electron chi connectivity index (χ2n) is 10.3. The van der Waals surface area contributed by atoms with Crippen LogP contribution in [0.15, 0.2) is 54.9 Å². The summed E-state index contributed by atoms with van der Waals surface area (Å²) in [6.07, 6.45) is 3.07. The summed E-state index contributed by atoms with van der Waals surface area (Å²) in [6, 6.07) is 10.5. The second kappa shape index (κ2) is 13.0. The molecule has 5 rings (SSSR count). The molecule has 14 heteroatoms. The smallest absolute Gasteiger partial charge is 0.255 e. The average molecular weight is 638 g/mol. The number of halogens is 2. The van der Waals surface area contributed by atoms with Gasteiger partial charge < -0.3 is 30.3 Å². The lowest BCUT2D eigenvalue weighted by atomic mass is 10.0. The van der Waals surface area contributed by atoms with Gasteiger partial charge in [0.2, 0.25) is 17.7 Å². The van der Waals surface area contributed by atoms with Crippen LogP contribution in [-0.4, -0.2) is 75.6 Å². The third-order valence-corrected chi connectivity index (χ3v) is 7.75. The Kier molecular flexibility index (Phi) is 9.14. The maximum Gasteiger partial charge on any atom is 0.255 e. The third-order valence-electron chi connectivity index (χ3n) is 7.15. The van der Waals surface area contributed by atoms with Crippen LogP contribution < -0.4 is 20.3 Å². The van der Waals surface area contributed by atoms with Crippen molar-refractivity contribution in [2.75, 3.05) is 38.0 Å². The van der Waals surface area contributed by atoms with E-state index < -0.39 is 24.6 Å². The molecule has 0 bridgehead atoms. The predicted molar refractivity (Wildman–Crippen MR) is 167 cm³/mol. The molecule has 44 heavy (non-hydrogen) atoms. The van der Waals surface area contributed by atoms with E-state index in [-0.39, 0.29) is 12.5 Å². The van der Waals surface area contributed by atoms with Gasteiger partial charge in [0.05, 0.1) is 47.4 Å². The van der Waals surface area contributed by atoms with Crippen LogP contribution in [0.1, 0.15) is 34.6 Å². The van der Waals surface area contributed by atoms with E-state index in [1.54, 1.807) is 48.4 Å². The molecule has 3 aromatic heterocycles. The number of aliphatic hydroxyl groups excluding tert-OH is 1. The Bertz CT molecular complexity index is 1720. The van der Waals surface area contributed by atoms with Gasteiger partial charge in [0.1, 0.15) is 11.9 Å². The highest BCUT2D eigenvalue weighted by Gasteiger charge is 2.35. The number of carbonyl (C=O) groups excluding carboxylic acids is 2. The molecule has 2 atom stereocenters. The van der Waals surface area contributed by atoms with Gasteiger partial charge in [-0.2, -0.15) is 0 Å². The summed E-state index contributed by atoms with van der Waals surface area (Å²) in [4.78, 5) is 47.5. The van der Waals surface area contributed by atoms with Crippen molar-refractivity contribution in [2.45, 2.75) is 25.6 Å². The highest BCUT2D eigenvalue weighted by atomic mass is 35.5. The van der Waals surface area contributed by atoms with Crippen LogP contribution in [0, 0.1) is 0 Å². The number of amides is 2. The molecule has 0 fully saturated rings. The fourth-order valence-corrected chi connectivity index (χ4v) is 5.15. The van der Waals surface area contributed by atoms with Crippen LogP contribution >= 0.6 is 23.2 Å². The number of hydrogen-bond donors (Lipinski definition) is 3. The lowest BCUT2D eigenvalue weighted by Gasteiger charge is -2.26. The summed E-state index contributed by atoms with van der Waals surface area (Å²) in [5, 5.41) is 16.6. The van der Waals surface area contributed by atoms with Gasteiger partial charge in [0, 0.05) is 49.7 Å². The van der Waals surface area contributed by atoms with E-state index in [2.05, 4.69) is 30.6 Å². The highest BCUT2D eigenvalue weighted by Crippen LogP contribution is 2.33. The number of benzene rings is 1. The van der Waals surface area contributed by atoms with E-state index in [1.807, 2.05) is 26.2 Å². The van der Waals surface area contributed by atoms with Crippen LogP contribution in [0.2, 0.25) is 10.0 Å². The molecule has 1 aliphatic heterocycles. The number of nitrogens with one attached hydrogen (secondary N) is 2. The molecule has 0 unspecified atom stereocenters. The Morgan fingerprint density at radius 1 is 1.11 bits per heavy atom. The van der Waals surface area contributed by atoms with E-state index in [1.165, 1.54) is 18.2 Å². The number of pyridine rings is 2. The monoisotopic (exact) mass is 636 g/mol. The molecule has 4 heterocycles. The molecule has 0 spiro atoms. The molecule has 0 aliphatic carbocycles. The number of carbonyl (C=O) groups is 2. The maximum absolute atomic E-state index is 13.5. The first-order valence-corrected chi connectivity index (χ1v) is 14.3. The summed E-state index contributed by atoms with van der Waals surface area (Å²) in [5.74, 6) is 0.569. The molecule has 1 aromatic carbocycles. The van der Waals surface area contributed by atoms with E-state index >= 15 is 0 Å². The summed E-state index contributed by atoms with van der Waals surface area (Å²) in [6.45, 7) is 1.44. The molecule has 0 saturated heterocycles. The minimum atomic E-state index is -0.861. The van der Waals surface area contributed by atoms with E-state index in [4.69, 9.17) is 27.9 Å². The molecule has 0 saturated carbocycles. The molecule has 0 radical (unpaired) electrons. The van der Waals surface area contributed by atoms with Crippen LogP contribution in [0.5, 0.6) is 5.88 Å². The zero-order chi connectivity index (χ0) is 31.5. The largest absolute Gasteiger partial charge is 0.481 e. The Balaban J connectivity index is 1.33. The van der Waals surface area contributed by atoms with Gasteiger partial charge in [-0.1, -0.05) is 35.3 Å². The minimum absolute atomic E-state index is 0.232. The number of fused-ring (bicyclic) bond motifs is 1. The Hall–Kier alpha value is -4.52. The first-order chi connectivity index (χ1) is 21.1. The second-order valence-corrected chi connectivity index (χ2v) is 11.1. The number of aromatic nitrogens is 4. The van der Waals surface area contributed by atoms with Gasteiger partial charge in [-0.15, -0.1) is 0 Å². The van der Waals surface area contributed by atoms with Crippen molar-refractivity contribution in [3.05, 3.63) is 81.7 Å². The van der Waals surface area contributed by atoms with Crippen molar-refractivity contribution < 1.29 is 19.4 Å². The van der Waals surface area contributed by atoms with Crippen molar-refractivity contribution >= 4 is 52.5 Å². The van der Waals surface area contributed by atoms with Crippen molar-refractivity contribution in [2.24, 2.45) is 0 Å². The van der Waals surface area contributed by atoms with Crippen LogP contribution in [-0.2, 0) is 11.3 Å². The van der Waals surface area contributed by atoms with E-state index in [0.29, 0.717) is 55.9 Å². The van der Waals surface area contributed by atoms with Crippen molar-refractivity contribution in [1.29, 1.82) is 0 Å². The Morgan fingerprint density at radius 3 is 2.64 bits per heavy atom. The van der Waals surface area contributed by atoms with Gasteiger partial charge in [-0.25, -0.2) is 19.9 Å². The van der Waals surface area contributed by atoms with E-state index in [0.717, 1.165) is 5.56 Å². The molecular formula is C30H30Cl2N8O4. The summed E-state index contributed by atoms with van der Waals surface area (Å²) >= 11 is 12.8. The summed E-state index contributed by atoms with van der Waals surface area (Å²) in [5.41, 5.74) is 3.24. The van der Waals surface area contributed by atoms with Gasteiger partial charge in [0.15, 0.2) is 0 Å². The number of aliphatic hydroxyl groups is 1. The number of anilines is 3. The van der Waals surface area contributed by atoms with Gasteiger partial charge in [-0.05, 0) is 36.8 Å². The van der Waals surface area contributed by atoms with Crippen molar-refractivity contribution in [3.63, 3.8) is 0 Å². The number of ether oxygens (including phenoxy) is 1. The molecule has 1 aliphatic rings. The number of rotatable bonds is 10. The van der Waals surface area contributed by atoms with E-state index in [9.17, 15) is 14.7 Å². The number of methoxy groups -OCH3 is 1. The predicted octanol–water partition coefficient (Wildman–Crippen LogP) is 4.25. The molecule has 12 nitrogen and oxygen atoms in total. The fraction of sp³-hybridized carbons (Fsp3) is 0.267. The van der Waals surface area contributed by atoms with Crippen LogP contribution in [0.4, 0.5) is 17.5 Å². The van der Waals surface area contributed by atoms with Crippen molar-refractivity contribution in [3.8, 4) is 17.1 Å². The zero-order valence-corrected chi connectivity index (χ0v) is 25.9. The minimum Gasteiger partial charge on any atom is -0.481 e. The molecular weight excluding hydrogens is 607 g/mol. The first-order valence-electron chi connectivity index (χ1n) is 13.6.